The molecule has 8 nitrogen and oxygen atoms in total. The summed E-state index contributed by atoms with van der Waals surface area (Å²) in [5.41, 5.74) is -1.62. The predicted molar refractivity (Wildman–Crippen MR) is 110 cm³/mol. The van der Waals surface area contributed by atoms with Gasteiger partial charge in [0.2, 0.25) is 0 Å². The average Bonchev–Trinajstić information content (AvgIpc) is 2.70. The van der Waals surface area contributed by atoms with Crippen LogP contribution in [0.15, 0.2) is 11.1 Å². The molecule has 0 aromatic carbocycles. The number of hydrogen-bond donors (Lipinski definition) is 0. The van der Waals surface area contributed by atoms with Gasteiger partial charge in [0, 0.05) is 0 Å². The van der Waals surface area contributed by atoms with Gasteiger partial charge in [0.05, 0.1) is 24.4 Å². The molecule has 30 heavy (non-hydrogen) atoms. The van der Waals surface area contributed by atoms with Crippen molar-refractivity contribution in [3.8, 4) is 0 Å². The third-order valence-corrected chi connectivity index (χ3v) is 4.60. The highest BCUT2D eigenvalue weighted by Crippen LogP contribution is 2.19. The van der Waals surface area contributed by atoms with Gasteiger partial charge >= 0.3 is 23.9 Å². The van der Waals surface area contributed by atoms with Crippen LogP contribution in [0.3, 0.4) is 0 Å². The second kappa shape index (κ2) is 13.8. The van der Waals surface area contributed by atoms with Crippen molar-refractivity contribution in [1.82, 2.24) is 0 Å². The highest BCUT2D eigenvalue weighted by Gasteiger charge is 2.38. The lowest BCUT2D eigenvalue weighted by atomic mass is 10.1. The van der Waals surface area contributed by atoms with Crippen molar-refractivity contribution in [1.29, 1.82) is 0 Å². The van der Waals surface area contributed by atoms with Gasteiger partial charge in [0.25, 0.3) is 0 Å². The van der Waals surface area contributed by atoms with E-state index in [0.29, 0.717) is 25.7 Å². The number of esters is 4. The molecule has 0 aliphatic heterocycles. The lowest BCUT2D eigenvalue weighted by molar-refractivity contribution is -0.158. The van der Waals surface area contributed by atoms with Crippen molar-refractivity contribution in [3.05, 3.63) is 11.1 Å². The van der Waals surface area contributed by atoms with E-state index >= 15 is 0 Å². The number of rotatable bonds is 12. The lowest BCUT2D eigenvalue weighted by Crippen LogP contribution is -2.33. The van der Waals surface area contributed by atoms with Crippen LogP contribution in [0.1, 0.15) is 81.1 Å². The van der Waals surface area contributed by atoms with E-state index in [-0.39, 0.29) is 0 Å². The Morgan fingerprint density at radius 1 is 0.467 bits per heavy atom. The van der Waals surface area contributed by atoms with Gasteiger partial charge in [0.15, 0.2) is 11.1 Å². The molecule has 0 aromatic rings. The third kappa shape index (κ3) is 8.97. The fraction of sp³-hybridized carbons (Fsp3) is 0.727. The fourth-order valence-electron chi connectivity index (χ4n) is 1.87. The van der Waals surface area contributed by atoms with Crippen LogP contribution in [0.4, 0.5) is 0 Å². The van der Waals surface area contributed by atoms with E-state index in [0.717, 1.165) is 0 Å². The van der Waals surface area contributed by atoms with Gasteiger partial charge in [-0.25, -0.2) is 19.2 Å². The first-order valence-electron chi connectivity index (χ1n) is 10.6. The Morgan fingerprint density at radius 2 is 0.633 bits per heavy atom. The molecule has 0 fully saturated rings. The van der Waals surface area contributed by atoms with Crippen molar-refractivity contribution < 1.29 is 38.1 Å². The Balaban J connectivity index is 6.48. The lowest BCUT2D eigenvalue weighted by Gasteiger charge is -2.19. The van der Waals surface area contributed by atoms with E-state index in [1.165, 1.54) is 0 Å². The minimum Gasteiger partial charge on any atom is -0.459 e. The first kappa shape index (κ1) is 27.6. The molecule has 0 aliphatic carbocycles. The van der Waals surface area contributed by atoms with E-state index in [1.54, 1.807) is 55.4 Å². The van der Waals surface area contributed by atoms with Crippen molar-refractivity contribution in [2.45, 2.75) is 105 Å². The Bertz CT molecular complexity index is 531. The first-order chi connectivity index (χ1) is 14.0. The summed E-state index contributed by atoms with van der Waals surface area (Å²) >= 11 is 0. The van der Waals surface area contributed by atoms with Gasteiger partial charge in [-0.1, -0.05) is 27.7 Å². The van der Waals surface area contributed by atoms with Crippen LogP contribution in [-0.2, 0) is 38.1 Å². The largest absolute Gasteiger partial charge is 0.459 e. The highest BCUT2D eigenvalue weighted by molar-refractivity contribution is 6.28. The van der Waals surface area contributed by atoms with E-state index < -0.39 is 59.4 Å². The summed E-state index contributed by atoms with van der Waals surface area (Å²) in [5.74, 6) is -4.52. The zero-order valence-electron chi connectivity index (χ0n) is 19.4. The van der Waals surface area contributed by atoms with E-state index in [4.69, 9.17) is 18.9 Å². The summed E-state index contributed by atoms with van der Waals surface area (Å²) in [7, 11) is 0. The van der Waals surface area contributed by atoms with E-state index in [1.807, 2.05) is 0 Å². The van der Waals surface area contributed by atoms with Crippen LogP contribution >= 0.6 is 0 Å². The summed E-state index contributed by atoms with van der Waals surface area (Å²) in [5, 5.41) is 0. The zero-order valence-corrected chi connectivity index (χ0v) is 19.4. The van der Waals surface area contributed by atoms with Crippen LogP contribution in [0.2, 0.25) is 0 Å². The van der Waals surface area contributed by atoms with Crippen LogP contribution in [0.25, 0.3) is 0 Å². The van der Waals surface area contributed by atoms with Gasteiger partial charge in [-0.15, -0.1) is 0 Å². The smallest absolute Gasteiger partial charge is 0.347 e. The summed E-state index contributed by atoms with van der Waals surface area (Å²) in [6.07, 6.45) is -0.259. The van der Waals surface area contributed by atoms with E-state index in [9.17, 15) is 19.2 Å². The van der Waals surface area contributed by atoms with Crippen LogP contribution in [-0.4, -0.2) is 48.3 Å². The Kier molecular flexibility index (Phi) is 12.7. The fourth-order valence-corrected chi connectivity index (χ4v) is 1.87. The molecule has 0 aliphatic rings. The topological polar surface area (TPSA) is 105 Å². The summed E-state index contributed by atoms with van der Waals surface area (Å²) in [6.45, 7) is 13.7. The van der Waals surface area contributed by atoms with Gasteiger partial charge < -0.3 is 18.9 Å². The molecule has 8 heteroatoms. The molecule has 0 spiro atoms. The maximum atomic E-state index is 12.8. The maximum Gasteiger partial charge on any atom is 0.347 e. The summed E-state index contributed by atoms with van der Waals surface area (Å²) in [4.78, 5) is 51.2. The number of hydrogen-bond acceptors (Lipinski definition) is 8. The van der Waals surface area contributed by atoms with Crippen molar-refractivity contribution in [3.63, 3.8) is 0 Å². The molecule has 0 bridgehead atoms. The van der Waals surface area contributed by atoms with E-state index in [2.05, 4.69) is 0 Å². The average molecular weight is 429 g/mol. The normalized spacial score (nSPS) is 14.5. The first-order valence-corrected chi connectivity index (χ1v) is 10.6. The third-order valence-electron chi connectivity index (χ3n) is 4.60. The highest BCUT2D eigenvalue weighted by atomic mass is 16.6. The van der Waals surface area contributed by atoms with Crippen molar-refractivity contribution in [2.75, 3.05) is 0 Å². The molecule has 0 aromatic heterocycles. The van der Waals surface area contributed by atoms with Gasteiger partial charge in [0.1, 0.15) is 0 Å². The minimum absolute atomic E-state index is 0.476. The molecule has 0 saturated carbocycles. The molecule has 0 heterocycles. The molecule has 0 radical (unpaired) electrons. The van der Waals surface area contributed by atoms with Crippen LogP contribution in [0.5, 0.6) is 0 Å². The minimum atomic E-state index is -1.13. The second-order valence-corrected chi connectivity index (χ2v) is 7.25. The molecule has 172 valence electrons. The number of carbonyl (C=O) groups excluding carboxylic acids is 4. The molecule has 0 rings (SSSR count). The van der Waals surface area contributed by atoms with Crippen LogP contribution in [0, 0.1) is 0 Å². The Labute approximate surface area is 179 Å². The molecular formula is C22H36O8. The number of ether oxygens (including phenoxy) is 4. The van der Waals surface area contributed by atoms with Crippen LogP contribution < -0.4 is 0 Å². The SMILES string of the molecule is CCC(C)OC(=O)C(C(=O)OC(C)CC)=C(C(=O)OC(C)CC)C(=O)OC(C)CC. The number of carbonyl (C=O) groups is 4. The Hall–Kier alpha value is -2.38. The molecule has 0 N–H and O–H groups in total. The molecule has 4 atom stereocenters. The van der Waals surface area contributed by atoms with Crippen molar-refractivity contribution in [2.24, 2.45) is 0 Å². The second-order valence-electron chi connectivity index (χ2n) is 7.25. The molecule has 0 saturated heterocycles. The van der Waals surface area contributed by atoms with Crippen molar-refractivity contribution >= 4 is 23.9 Å². The molecular weight excluding hydrogens is 392 g/mol. The summed E-state index contributed by atoms with van der Waals surface area (Å²) in [6, 6.07) is 0. The maximum absolute atomic E-state index is 12.8. The standard InChI is InChI=1S/C22H36O8/c1-9-13(5)27-19(23)17(20(24)28-14(6)10-2)18(21(25)29-15(7)11-3)22(26)30-16(8)12-4/h13-16H,9-12H2,1-8H3. The van der Waals surface area contributed by atoms with Gasteiger partial charge in [-0.3, -0.25) is 0 Å². The Morgan fingerprint density at radius 3 is 0.767 bits per heavy atom. The van der Waals surface area contributed by atoms with Gasteiger partial charge in [-0.2, -0.15) is 0 Å². The van der Waals surface area contributed by atoms with Gasteiger partial charge in [-0.05, 0) is 53.4 Å². The zero-order chi connectivity index (χ0) is 23.4. The molecule has 0 amide bonds. The summed E-state index contributed by atoms with van der Waals surface area (Å²) < 4.78 is 20.9. The quantitative estimate of drug-likeness (QED) is 0.152. The monoisotopic (exact) mass is 428 g/mol. The predicted octanol–water partition coefficient (Wildman–Crippen LogP) is 3.65. The molecule has 4 unspecified atom stereocenters.